The molecule has 0 amide bonds. The molecule has 22 heavy (non-hydrogen) atoms. The van der Waals surface area contributed by atoms with Crippen molar-refractivity contribution in [3.63, 3.8) is 0 Å². The Hall–Kier alpha value is -1.66. The Bertz CT molecular complexity index is 600. The summed E-state index contributed by atoms with van der Waals surface area (Å²) in [5.41, 5.74) is 3.40. The average molecular weight is 304 g/mol. The molecule has 0 aliphatic carbocycles. The SMILES string of the molecule is Cc1noc(C)c1CCNC[C@H]1CCO[C@@H]1c1cnn(C)c1. The van der Waals surface area contributed by atoms with Crippen LogP contribution in [0.15, 0.2) is 16.9 Å². The molecule has 1 fully saturated rings. The molecule has 1 saturated heterocycles. The van der Waals surface area contributed by atoms with Gasteiger partial charge in [0.15, 0.2) is 0 Å². The molecular weight excluding hydrogens is 280 g/mol. The van der Waals surface area contributed by atoms with Crippen LogP contribution in [-0.2, 0) is 18.2 Å². The molecule has 0 bridgehead atoms. The zero-order valence-corrected chi connectivity index (χ0v) is 13.5. The van der Waals surface area contributed by atoms with E-state index in [4.69, 9.17) is 9.26 Å². The van der Waals surface area contributed by atoms with Crippen molar-refractivity contribution in [1.29, 1.82) is 0 Å². The lowest BCUT2D eigenvalue weighted by Gasteiger charge is -2.17. The summed E-state index contributed by atoms with van der Waals surface area (Å²) in [4.78, 5) is 0. The van der Waals surface area contributed by atoms with E-state index in [1.165, 1.54) is 11.1 Å². The predicted octanol–water partition coefficient (Wildman–Crippen LogP) is 1.93. The van der Waals surface area contributed by atoms with E-state index in [0.29, 0.717) is 5.92 Å². The molecule has 0 saturated carbocycles. The van der Waals surface area contributed by atoms with E-state index in [-0.39, 0.29) is 6.10 Å². The Balaban J connectivity index is 1.49. The Morgan fingerprint density at radius 3 is 2.95 bits per heavy atom. The zero-order chi connectivity index (χ0) is 15.5. The van der Waals surface area contributed by atoms with Gasteiger partial charge >= 0.3 is 0 Å². The molecule has 0 radical (unpaired) electrons. The molecule has 1 aliphatic heterocycles. The Kier molecular flexibility index (Phi) is 4.59. The molecule has 0 spiro atoms. The van der Waals surface area contributed by atoms with Gasteiger partial charge in [-0.3, -0.25) is 4.68 Å². The Labute approximate surface area is 130 Å². The number of nitrogens with zero attached hydrogens (tertiary/aromatic N) is 3. The van der Waals surface area contributed by atoms with E-state index < -0.39 is 0 Å². The van der Waals surface area contributed by atoms with Crippen molar-refractivity contribution in [2.75, 3.05) is 19.7 Å². The third kappa shape index (κ3) is 3.23. The fourth-order valence-corrected chi connectivity index (χ4v) is 3.16. The lowest BCUT2D eigenvalue weighted by molar-refractivity contribution is 0.0905. The van der Waals surface area contributed by atoms with Gasteiger partial charge in [0.05, 0.1) is 18.0 Å². The van der Waals surface area contributed by atoms with E-state index in [0.717, 1.165) is 44.0 Å². The first kappa shape index (κ1) is 15.2. The van der Waals surface area contributed by atoms with Crippen LogP contribution in [0.1, 0.15) is 35.1 Å². The van der Waals surface area contributed by atoms with Gasteiger partial charge in [-0.2, -0.15) is 5.10 Å². The summed E-state index contributed by atoms with van der Waals surface area (Å²) in [6.45, 7) is 6.69. The Morgan fingerprint density at radius 1 is 1.41 bits per heavy atom. The highest BCUT2D eigenvalue weighted by molar-refractivity contribution is 5.21. The van der Waals surface area contributed by atoms with Crippen molar-refractivity contribution in [3.8, 4) is 0 Å². The summed E-state index contributed by atoms with van der Waals surface area (Å²) in [6, 6.07) is 0. The largest absolute Gasteiger partial charge is 0.373 e. The number of aryl methyl sites for hydroxylation is 3. The van der Waals surface area contributed by atoms with Crippen molar-refractivity contribution in [3.05, 3.63) is 35.0 Å². The molecule has 1 aliphatic rings. The maximum atomic E-state index is 5.89. The molecule has 120 valence electrons. The lowest BCUT2D eigenvalue weighted by Crippen LogP contribution is -2.26. The van der Waals surface area contributed by atoms with Gasteiger partial charge in [0.2, 0.25) is 0 Å². The van der Waals surface area contributed by atoms with Crippen LogP contribution in [0, 0.1) is 19.8 Å². The van der Waals surface area contributed by atoms with Crippen LogP contribution in [0.2, 0.25) is 0 Å². The first-order valence-corrected chi connectivity index (χ1v) is 7.87. The van der Waals surface area contributed by atoms with E-state index in [9.17, 15) is 0 Å². The summed E-state index contributed by atoms with van der Waals surface area (Å²) < 4.78 is 12.9. The van der Waals surface area contributed by atoms with Crippen LogP contribution in [0.4, 0.5) is 0 Å². The maximum Gasteiger partial charge on any atom is 0.137 e. The van der Waals surface area contributed by atoms with Gasteiger partial charge in [0, 0.05) is 43.4 Å². The van der Waals surface area contributed by atoms with Gasteiger partial charge in [0.1, 0.15) is 5.76 Å². The summed E-state index contributed by atoms with van der Waals surface area (Å²) >= 11 is 0. The normalized spacial score (nSPS) is 21.6. The summed E-state index contributed by atoms with van der Waals surface area (Å²) in [6.07, 6.45) is 6.17. The fraction of sp³-hybridized carbons (Fsp3) is 0.625. The van der Waals surface area contributed by atoms with Gasteiger partial charge in [-0.1, -0.05) is 5.16 Å². The number of hydrogen-bond donors (Lipinski definition) is 1. The molecule has 3 rings (SSSR count). The molecular formula is C16H24N4O2. The van der Waals surface area contributed by atoms with E-state index in [1.807, 2.05) is 38.0 Å². The zero-order valence-electron chi connectivity index (χ0n) is 13.5. The molecule has 2 atom stereocenters. The van der Waals surface area contributed by atoms with Crippen LogP contribution in [-0.4, -0.2) is 34.6 Å². The van der Waals surface area contributed by atoms with Crippen molar-refractivity contribution in [2.45, 2.75) is 32.8 Å². The van der Waals surface area contributed by atoms with Crippen LogP contribution in [0.3, 0.4) is 0 Å². The maximum absolute atomic E-state index is 5.89. The third-order valence-corrected chi connectivity index (χ3v) is 4.41. The molecule has 0 unspecified atom stereocenters. The van der Waals surface area contributed by atoms with Crippen LogP contribution in [0.25, 0.3) is 0 Å². The van der Waals surface area contributed by atoms with E-state index in [1.54, 1.807) is 0 Å². The first-order chi connectivity index (χ1) is 10.6. The van der Waals surface area contributed by atoms with Gasteiger partial charge in [-0.15, -0.1) is 0 Å². The molecule has 2 aromatic rings. The number of nitrogens with one attached hydrogen (secondary N) is 1. The highest BCUT2D eigenvalue weighted by atomic mass is 16.5. The summed E-state index contributed by atoms with van der Waals surface area (Å²) in [5, 5.41) is 11.8. The molecule has 2 aromatic heterocycles. The van der Waals surface area contributed by atoms with Crippen molar-refractivity contribution in [2.24, 2.45) is 13.0 Å². The average Bonchev–Trinajstić information content (AvgIpc) is 3.18. The van der Waals surface area contributed by atoms with Gasteiger partial charge < -0.3 is 14.6 Å². The van der Waals surface area contributed by atoms with E-state index >= 15 is 0 Å². The number of aromatic nitrogens is 3. The quantitative estimate of drug-likeness (QED) is 0.826. The smallest absolute Gasteiger partial charge is 0.137 e. The Morgan fingerprint density at radius 2 is 2.27 bits per heavy atom. The fourth-order valence-electron chi connectivity index (χ4n) is 3.16. The summed E-state index contributed by atoms with van der Waals surface area (Å²) in [7, 11) is 1.94. The summed E-state index contributed by atoms with van der Waals surface area (Å²) in [5.74, 6) is 1.44. The standard InChI is InChI=1S/C16H24N4O2/c1-11-15(12(2)22-19-11)4-6-17-8-13-5-7-21-16(13)14-9-18-20(3)10-14/h9-10,13,16-17H,4-8H2,1-3H3/t13-,16+/m1/s1. The number of ether oxygens (including phenoxy) is 1. The highest BCUT2D eigenvalue weighted by Gasteiger charge is 2.30. The predicted molar refractivity (Wildman–Crippen MR) is 82.6 cm³/mol. The number of hydrogen-bond acceptors (Lipinski definition) is 5. The van der Waals surface area contributed by atoms with Crippen LogP contribution >= 0.6 is 0 Å². The highest BCUT2D eigenvalue weighted by Crippen LogP contribution is 2.33. The van der Waals surface area contributed by atoms with Crippen LogP contribution < -0.4 is 5.32 Å². The minimum atomic E-state index is 0.167. The minimum Gasteiger partial charge on any atom is -0.373 e. The molecule has 6 nitrogen and oxygen atoms in total. The molecule has 6 heteroatoms. The lowest BCUT2D eigenvalue weighted by atomic mass is 9.97. The van der Waals surface area contributed by atoms with Gasteiger partial charge in [0.25, 0.3) is 0 Å². The van der Waals surface area contributed by atoms with Gasteiger partial charge in [-0.05, 0) is 33.2 Å². The minimum absolute atomic E-state index is 0.167. The number of rotatable bonds is 6. The second kappa shape index (κ2) is 6.62. The topological polar surface area (TPSA) is 65.1 Å². The third-order valence-electron chi connectivity index (χ3n) is 4.41. The van der Waals surface area contributed by atoms with E-state index in [2.05, 4.69) is 15.6 Å². The monoisotopic (exact) mass is 304 g/mol. The van der Waals surface area contributed by atoms with Crippen molar-refractivity contribution >= 4 is 0 Å². The molecule has 1 N–H and O–H groups in total. The second-order valence-corrected chi connectivity index (χ2v) is 6.04. The van der Waals surface area contributed by atoms with Gasteiger partial charge in [-0.25, -0.2) is 0 Å². The van der Waals surface area contributed by atoms with Crippen molar-refractivity contribution in [1.82, 2.24) is 20.3 Å². The molecule has 3 heterocycles. The van der Waals surface area contributed by atoms with Crippen LogP contribution in [0.5, 0.6) is 0 Å². The molecule has 0 aromatic carbocycles. The van der Waals surface area contributed by atoms with Crippen molar-refractivity contribution < 1.29 is 9.26 Å². The second-order valence-electron chi connectivity index (χ2n) is 6.04. The first-order valence-electron chi connectivity index (χ1n) is 7.87.